The number of carbonyl (C=O) groups is 1. The Morgan fingerprint density at radius 3 is 2.74 bits per heavy atom. The summed E-state index contributed by atoms with van der Waals surface area (Å²) >= 11 is 0. The molecule has 1 heterocycles. The molecular formula is C17H24N4O2. The van der Waals surface area contributed by atoms with Crippen molar-refractivity contribution in [2.75, 3.05) is 19.5 Å². The minimum Gasteiger partial charge on any atom is -0.496 e. The topological polar surface area (TPSA) is 59.4 Å². The van der Waals surface area contributed by atoms with Gasteiger partial charge in [-0.15, -0.1) is 0 Å². The lowest BCUT2D eigenvalue weighted by Gasteiger charge is -2.25. The number of ether oxygens (including phenoxy) is 1. The molecule has 0 bridgehead atoms. The Hall–Kier alpha value is -2.50. The molecule has 0 spiro atoms. The van der Waals surface area contributed by atoms with E-state index in [2.05, 4.69) is 10.4 Å². The van der Waals surface area contributed by atoms with Crippen LogP contribution in [0.25, 0.3) is 0 Å². The summed E-state index contributed by atoms with van der Waals surface area (Å²) < 4.78 is 7.03. The van der Waals surface area contributed by atoms with Crippen LogP contribution in [0.5, 0.6) is 5.75 Å². The molecule has 0 aliphatic heterocycles. The van der Waals surface area contributed by atoms with Crippen molar-refractivity contribution < 1.29 is 9.53 Å². The maximum atomic E-state index is 12.4. The van der Waals surface area contributed by atoms with Crippen molar-refractivity contribution in [3.8, 4) is 5.75 Å². The van der Waals surface area contributed by atoms with Gasteiger partial charge in [-0.05, 0) is 31.9 Å². The van der Waals surface area contributed by atoms with Crippen LogP contribution in [0, 0.1) is 6.92 Å². The number of rotatable bonds is 5. The van der Waals surface area contributed by atoms with E-state index in [1.165, 1.54) is 0 Å². The summed E-state index contributed by atoms with van der Waals surface area (Å²) in [4.78, 5) is 14.1. The number of benzene rings is 1. The first kappa shape index (κ1) is 16.9. The van der Waals surface area contributed by atoms with Gasteiger partial charge in [-0.25, -0.2) is 4.79 Å². The van der Waals surface area contributed by atoms with Gasteiger partial charge in [0.2, 0.25) is 0 Å². The molecule has 0 fully saturated rings. The minimum absolute atomic E-state index is 0.0284. The first-order chi connectivity index (χ1) is 10.9. The van der Waals surface area contributed by atoms with Gasteiger partial charge in [0.1, 0.15) is 11.6 Å². The van der Waals surface area contributed by atoms with Crippen molar-refractivity contribution in [3.05, 3.63) is 41.6 Å². The van der Waals surface area contributed by atoms with Crippen LogP contribution in [0.4, 0.5) is 10.6 Å². The number of para-hydroxylation sites is 1. The van der Waals surface area contributed by atoms with Gasteiger partial charge in [0, 0.05) is 26.2 Å². The van der Waals surface area contributed by atoms with E-state index < -0.39 is 0 Å². The normalized spacial score (nSPS) is 11.9. The third-order valence-corrected chi connectivity index (χ3v) is 3.93. The number of aryl methyl sites for hydroxylation is 2. The van der Waals surface area contributed by atoms with E-state index in [0.717, 1.165) is 23.4 Å². The monoisotopic (exact) mass is 316 g/mol. The molecule has 2 aromatic rings. The lowest BCUT2D eigenvalue weighted by molar-refractivity contribution is 0.207. The molecule has 1 atom stereocenters. The van der Waals surface area contributed by atoms with Crippen LogP contribution in [0.1, 0.15) is 18.2 Å². The van der Waals surface area contributed by atoms with E-state index in [1.807, 2.05) is 44.2 Å². The van der Waals surface area contributed by atoms with Crippen LogP contribution in [-0.2, 0) is 13.5 Å². The van der Waals surface area contributed by atoms with Crippen LogP contribution in [0.15, 0.2) is 30.3 Å². The minimum atomic E-state index is -0.157. The number of nitrogens with one attached hydrogen (secondary N) is 1. The molecule has 0 aliphatic carbocycles. The number of aromatic nitrogens is 2. The average Bonchev–Trinajstić information content (AvgIpc) is 2.84. The fourth-order valence-electron chi connectivity index (χ4n) is 2.45. The third-order valence-electron chi connectivity index (χ3n) is 3.93. The highest BCUT2D eigenvalue weighted by atomic mass is 16.5. The van der Waals surface area contributed by atoms with Gasteiger partial charge in [-0.3, -0.25) is 10.00 Å². The predicted molar refractivity (Wildman–Crippen MR) is 90.9 cm³/mol. The van der Waals surface area contributed by atoms with E-state index in [4.69, 9.17) is 4.74 Å². The van der Waals surface area contributed by atoms with Crippen molar-refractivity contribution in [2.24, 2.45) is 7.05 Å². The SMILES string of the molecule is COc1ccccc1C[C@H](C)N(C)C(=O)Nc1cc(C)nn1C. The molecule has 1 N–H and O–H groups in total. The molecule has 23 heavy (non-hydrogen) atoms. The van der Waals surface area contributed by atoms with Crippen molar-refractivity contribution in [1.82, 2.24) is 14.7 Å². The maximum Gasteiger partial charge on any atom is 0.322 e. The standard InChI is InChI=1S/C17H24N4O2/c1-12-10-16(21(4)19-12)18-17(22)20(3)13(2)11-14-8-6-7-9-15(14)23-5/h6-10,13H,11H2,1-5H3,(H,18,22)/t13-/m0/s1. The van der Waals surface area contributed by atoms with Crippen molar-refractivity contribution in [3.63, 3.8) is 0 Å². The second kappa shape index (κ2) is 7.17. The van der Waals surface area contributed by atoms with Crippen molar-refractivity contribution in [1.29, 1.82) is 0 Å². The van der Waals surface area contributed by atoms with E-state index in [0.29, 0.717) is 5.82 Å². The Labute approximate surface area is 137 Å². The summed E-state index contributed by atoms with van der Waals surface area (Å²) in [5, 5.41) is 7.11. The largest absolute Gasteiger partial charge is 0.496 e. The number of amides is 2. The number of carbonyl (C=O) groups excluding carboxylic acids is 1. The van der Waals surface area contributed by atoms with E-state index in [9.17, 15) is 4.79 Å². The lowest BCUT2D eigenvalue weighted by Crippen LogP contribution is -2.39. The van der Waals surface area contributed by atoms with Crippen LogP contribution >= 0.6 is 0 Å². The number of nitrogens with zero attached hydrogens (tertiary/aromatic N) is 3. The fourth-order valence-corrected chi connectivity index (χ4v) is 2.45. The van der Waals surface area contributed by atoms with Gasteiger partial charge in [0.25, 0.3) is 0 Å². The maximum absolute atomic E-state index is 12.4. The molecule has 6 nitrogen and oxygen atoms in total. The highest BCUT2D eigenvalue weighted by Crippen LogP contribution is 2.20. The van der Waals surface area contributed by atoms with Gasteiger partial charge in [-0.2, -0.15) is 5.10 Å². The summed E-state index contributed by atoms with van der Waals surface area (Å²) in [7, 11) is 5.25. The zero-order valence-corrected chi connectivity index (χ0v) is 14.3. The first-order valence-corrected chi connectivity index (χ1v) is 7.58. The van der Waals surface area contributed by atoms with Gasteiger partial charge in [0.05, 0.1) is 12.8 Å². The summed E-state index contributed by atoms with van der Waals surface area (Å²) in [5.41, 5.74) is 1.95. The highest BCUT2D eigenvalue weighted by Gasteiger charge is 2.18. The lowest BCUT2D eigenvalue weighted by atomic mass is 10.1. The number of likely N-dealkylation sites (N-methyl/N-ethyl adjacent to an activating group) is 1. The second-order valence-electron chi connectivity index (χ2n) is 5.70. The Morgan fingerprint density at radius 2 is 2.13 bits per heavy atom. The summed E-state index contributed by atoms with van der Waals surface area (Å²) in [5.74, 6) is 1.53. The van der Waals surface area contributed by atoms with Gasteiger partial charge < -0.3 is 9.64 Å². The van der Waals surface area contributed by atoms with E-state index in [-0.39, 0.29) is 12.1 Å². The average molecular weight is 316 g/mol. The fraction of sp³-hybridized carbons (Fsp3) is 0.412. The van der Waals surface area contributed by atoms with Gasteiger partial charge in [-0.1, -0.05) is 18.2 Å². The number of anilines is 1. The Balaban J connectivity index is 2.02. The zero-order valence-electron chi connectivity index (χ0n) is 14.3. The molecule has 0 aliphatic rings. The van der Waals surface area contributed by atoms with Crippen LogP contribution < -0.4 is 10.1 Å². The number of hydrogen-bond donors (Lipinski definition) is 1. The molecule has 1 aromatic heterocycles. The summed E-state index contributed by atoms with van der Waals surface area (Å²) in [6, 6.07) is 9.58. The van der Waals surface area contributed by atoms with Gasteiger partial charge >= 0.3 is 6.03 Å². The van der Waals surface area contributed by atoms with Gasteiger partial charge in [0.15, 0.2) is 0 Å². The zero-order chi connectivity index (χ0) is 17.0. The quantitative estimate of drug-likeness (QED) is 0.923. The molecule has 0 radical (unpaired) electrons. The van der Waals surface area contributed by atoms with Crippen LogP contribution in [0.2, 0.25) is 0 Å². The molecule has 2 rings (SSSR count). The molecule has 124 valence electrons. The molecule has 1 aromatic carbocycles. The van der Waals surface area contributed by atoms with E-state index in [1.54, 1.807) is 30.8 Å². The number of urea groups is 1. The number of hydrogen-bond acceptors (Lipinski definition) is 3. The van der Waals surface area contributed by atoms with Crippen LogP contribution in [-0.4, -0.2) is 40.9 Å². The van der Waals surface area contributed by atoms with Crippen molar-refractivity contribution in [2.45, 2.75) is 26.3 Å². The van der Waals surface area contributed by atoms with Crippen molar-refractivity contribution >= 4 is 11.8 Å². The molecule has 0 saturated heterocycles. The molecule has 6 heteroatoms. The molecule has 2 amide bonds. The highest BCUT2D eigenvalue weighted by molar-refractivity contribution is 5.88. The van der Waals surface area contributed by atoms with Crippen LogP contribution in [0.3, 0.4) is 0 Å². The summed E-state index contributed by atoms with van der Waals surface area (Å²) in [6.07, 6.45) is 0.721. The Kier molecular flexibility index (Phi) is 5.26. The molecule has 0 saturated carbocycles. The number of methoxy groups -OCH3 is 1. The Bertz CT molecular complexity index is 681. The molecular weight excluding hydrogens is 292 g/mol. The van der Waals surface area contributed by atoms with E-state index >= 15 is 0 Å². The first-order valence-electron chi connectivity index (χ1n) is 7.58. The Morgan fingerprint density at radius 1 is 1.43 bits per heavy atom. The smallest absolute Gasteiger partial charge is 0.322 e. The third kappa shape index (κ3) is 4.03. The second-order valence-corrected chi connectivity index (χ2v) is 5.70. The summed E-state index contributed by atoms with van der Waals surface area (Å²) in [6.45, 7) is 3.91. The molecule has 0 unspecified atom stereocenters. The predicted octanol–water partition coefficient (Wildman–Crippen LogP) is 2.83.